The number of hydrogen-bond acceptors (Lipinski definition) is 6. The van der Waals surface area contributed by atoms with Crippen LogP contribution in [0.3, 0.4) is 0 Å². The third-order valence-electron chi connectivity index (χ3n) is 7.03. The van der Waals surface area contributed by atoms with Crippen LogP contribution >= 0.6 is 0 Å². The number of carbonyl (C=O) groups is 2. The number of aliphatic hydroxyl groups excluding tert-OH is 1. The molecule has 0 saturated carbocycles. The first-order chi connectivity index (χ1) is 15.5. The molecule has 2 unspecified atom stereocenters. The number of piperazine rings is 1. The van der Waals surface area contributed by atoms with Crippen molar-refractivity contribution in [1.29, 1.82) is 0 Å². The second kappa shape index (κ2) is 8.31. The van der Waals surface area contributed by atoms with Gasteiger partial charge in [0.2, 0.25) is 0 Å². The molecule has 168 valence electrons. The molecule has 5 rings (SSSR count). The molecule has 0 bridgehead atoms. The van der Waals surface area contributed by atoms with Gasteiger partial charge in [-0.05, 0) is 30.2 Å². The lowest BCUT2D eigenvalue weighted by Crippen LogP contribution is -2.78. The third-order valence-corrected chi connectivity index (χ3v) is 7.03. The number of likely N-dealkylation sites (tertiary alicyclic amines) is 1. The Morgan fingerprint density at radius 1 is 1.03 bits per heavy atom. The number of esters is 1. The van der Waals surface area contributed by atoms with Gasteiger partial charge in [-0.2, -0.15) is 0 Å². The second-order valence-electron chi connectivity index (χ2n) is 9.31. The molecule has 7 heteroatoms. The minimum absolute atomic E-state index is 0.0714. The van der Waals surface area contributed by atoms with Crippen molar-refractivity contribution in [3.05, 3.63) is 71.3 Å². The molecule has 7 nitrogen and oxygen atoms in total. The molecule has 3 saturated heterocycles. The lowest BCUT2D eigenvalue weighted by Gasteiger charge is -2.61. The van der Waals surface area contributed by atoms with E-state index in [1.165, 1.54) is 12.7 Å². The predicted octanol–water partition coefficient (Wildman–Crippen LogP) is 1.62. The van der Waals surface area contributed by atoms with Crippen LogP contribution in [-0.2, 0) is 11.3 Å². The summed E-state index contributed by atoms with van der Waals surface area (Å²) in [5.41, 5.74) is 2.02. The summed E-state index contributed by atoms with van der Waals surface area (Å²) >= 11 is 0. The molecule has 3 heterocycles. The molecule has 32 heavy (non-hydrogen) atoms. The van der Waals surface area contributed by atoms with Gasteiger partial charge in [0.05, 0.1) is 24.3 Å². The molecule has 0 aliphatic carbocycles. The maximum atomic E-state index is 13.1. The first-order valence-electron chi connectivity index (χ1n) is 11.2. The number of ether oxygens (including phenoxy) is 1. The number of rotatable bonds is 4. The van der Waals surface area contributed by atoms with Crippen molar-refractivity contribution in [2.45, 2.75) is 30.7 Å². The third kappa shape index (κ3) is 3.81. The Labute approximate surface area is 188 Å². The summed E-state index contributed by atoms with van der Waals surface area (Å²) in [6, 6.07) is 17.5. The zero-order valence-electron chi connectivity index (χ0n) is 18.3. The van der Waals surface area contributed by atoms with Gasteiger partial charge in [-0.15, -0.1) is 0 Å². The topological polar surface area (TPSA) is 73.3 Å². The number of fused-ring (bicyclic) bond motifs is 2. The fraction of sp³-hybridized carbons (Fsp3) is 0.440. The Morgan fingerprint density at radius 3 is 2.53 bits per heavy atom. The molecule has 3 fully saturated rings. The summed E-state index contributed by atoms with van der Waals surface area (Å²) in [5.74, 6) is -0.518. The molecular formula is C25H29N3O4. The summed E-state index contributed by atoms with van der Waals surface area (Å²) in [6.45, 7) is 4.60. The van der Waals surface area contributed by atoms with Crippen LogP contribution < -0.4 is 0 Å². The Hall–Kier alpha value is -2.74. The minimum Gasteiger partial charge on any atom is -0.465 e. The quantitative estimate of drug-likeness (QED) is 0.736. The van der Waals surface area contributed by atoms with E-state index in [2.05, 4.69) is 34.1 Å². The van der Waals surface area contributed by atoms with Crippen molar-refractivity contribution in [2.75, 3.05) is 39.8 Å². The molecule has 0 aromatic heterocycles. The van der Waals surface area contributed by atoms with E-state index < -0.39 is 5.97 Å². The van der Waals surface area contributed by atoms with Gasteiger partial charge >= 0.3 is 5.97 Å². The van der Waals surface area contributed by atoms with Gasteiger partial charge in [0, 0.05) is 50.9 Å². The first kappa shape index (κ1) is 21.1. The van der Waals surface area contributed by atoms with Crippen molar-refractivity contribution >= 4 is 11.9 Å². The number of hydrogen-bond donors (Lipinski definition) is 1. The maximum absolute atomic E-state index is 13.1. The summed E-state index contributed by atoms with van der Waals surface area (Å²) in [4.78, 5) is 31.7. The second-order valence-corrected chi connectivity index (χ2v) is 9.31. The predicted molar refractivity (Wildman–Crippen MR) is 119 cm³/mol. The maximum Gasteiger partial charge on any atom is 0.337 e. The van der Waals surface area contributed by atoms with Gasteiger partial charge in [0.15, 0.2) is 0 Å². The smallest absolute Gasteiger partial charge is 0.337 e. The van der Waals surface area contributed by atoms with Gasteiger partial charge < -0.3 is 14.7 Å². The van der Waals surface area contributed by atoms with Crippen LogP contribution in [0.25, 0.3) is 0 Å². The first-order valence-corrected chi connectivity index (χ1v) is 11.2. The normalized spacial score (nSPS) is 24.8. The van der Waals surface area contributed by atoms with E-state index in [9.17, 15) is 14.7 Å². The highest BCUT2D eigenvalue weighted by molar-refractivity contribution is 5.98. The lowest BCUT2D eigenvalue weighted by atomic mass is 9.83. The van der Waals surface area contributed by atoms with Crippen LogP contribution in [0.4, 0.5) is 0 Å². The number of amides is 1. The molecular weight excluding hydrogens is 406 g/mol. The number of carbonyl (C=O) groups excluding carboxylic acids is 2. The van der Waals surface area contributed by atoms with E-state index in [1.807, 2.05) is 11.0 Å². The number of aliphatic hydroxyl groups is 1. The van der Waals surface area contributed by atoms with Crippen LogP contribution in [0.1, 0.15) is 32.7 Å². The molecule has 2 atom stereocenters. The van der Waals surface area contributed by atoms with Gasteiger partial charge in [-0.1, -0.05) is 36.4 Å². The fourth-order valence-electron chi connectivity index (χ4n) is 5.65. The number of nitrogens with zero attached hydrogens (tertiary/aromatic N) is 3. The SMILES string of the molecule is COC(=O)c1cccc(C(=O)N2CC3(CN(Cc4ccccc4)CC4CC(O)CN43)C2)c1. The highest BCUT2D eigenvalue weighted by Gasteiger charge is 2.57. The van der Waals surface area contributed by atoms with Crippen LogP contribution in [0.15, 0.2) is 54.6 Å². The number of β-amino-alcohol motifs (C(OH)–C–C–N with tert-alkyl or cyclic N) is 1. The Morgan fingerprint density at radius 2 is 1.78 bits per heavy atom. The number of methoxy groups -OCH3 is 1. The molecule has 0 radical (unpaired) electrons. The molecule has 3 aliphatic heterocycles. The summed E-state index contributed by atoms with van der Waals surface area (Å²) < 4.78 is 4.78. The molecule has 1 N–H and O–H groups in total. The molecule has 2 aromatic rings. The Balaban J connectivity index is 1.32. The standard InChI is InChI=1S/C25H29N3O4/c1-32-24(31)20-9-5-8-19(10-20)23(30)27-16-25(17-27)15-26(12-18-6-3-2-4-7-18)13-21-11-22(29)14-28(21)25/h2-10,21-22,29H,11-17H2,1H3. The van der Waals surface area contributed by atoms with E-state index in [1.54, 1.807) is 24.3 Å². The van der Waals surface area contributed by atoms with Crippen molar-refractivity contribution in [1.82, 2.24) is 14.7 Å². The van der Waals surface area contributed by atoms with Crippen LogP contribution in [-0.4, -0.2) is 89.2 Å². The average Bonchev–Trinajstić information content (AvgIpc) is 3.17. The molecule has 2 aromatic carbocycles. The van der Waals surface area contributed by atoms with E-state index in [0.717, 1.165) is 26.1 Å². The Kier molecular flexibility index (Phi) is 5.49. The van der Waals surface area contributed by atoms with Crippen LogP contribution in [0.2, 0.25) is 0 Å². The van der Waals surface area contributed by atoms with E-state index in [4.69, 9.17) is 4.74 Å². The van der Waals surface area contributed by atoms with E-state index >= 15 is 0 Å². The zero-order chi connectivity index (χ0) is 22.3. The van der Waals surface area contributed by atoms with Gasteiger partial charge in [-0.25, -0.2) is 4.79 Å². The van der Waals surface area contributed by atoms with Crippen LogP contribution in [0, 0.1) is 0 Å². The fourth-order valence-corrected chi connectivity index (χ4v) is 5.65. The van der Waals surface area contributed by atoms with E-state index in [0.29, 0.717) is 36.8 Å². The Bertz CT molecular complexity index is 1010. The summed E-state index contributed by atoms with van der Waals surface area (Å²) in [7, 11) is 1.33. The highest BCUT2D eigenvalue weighted by Crippen LogP contribution is 2.39. The summed E-state index contributed by atoms with van der Waals surface area (Å²) in [6.07, 6.45) is 0.470. The lowest BCUT2D eigenvalue weighted by molar-refractivity contribution is -0.102. The zero-order valence-corrected chi connectivity index (χ0v) is 18.3. The summed E-state index contributed by atoms with van der Waals surface area (Å²) in [5, 5.41) is 10.4. The van der Waals surface area contributed by atoms with Crippen molar-refractivity contribution in [3.8, 4) is 0 Å². The largest absolute Gasteiger partial charge is 0.465 e. The van der Waals surface area contributed by atoms with Crippen molar-refractivity contribution in [3.63, 3.8) is 0 Å². The molecule has 3 aliphatic rings. The van der Waals surface area contributed by atoms with Gasteiger partial charge in [0.25, 0.3) is 5.91 Å². The van der Waals surface area contributed by atoms with Gasteiger partial charge in [0.1, 0.15) is 0 Å². The minimum atomic E-state index is -0.447. The highest BCUT2D eigenvalue weighted by atomic mass is 16.5. The van der Waals surface area contributed by atoms with Crippen molar-refractivity contribution < 1.29 is 19.4 Å². The monoisotopic (exact) mass is 435 g/mol. The van der Waals surface area contributed by atoms with Crippen molar-refractivity contribution in [2.24, 2.45) is 0 Å². The molecule has 1 amide bonds. The average molecular weight is 436 g/mol. The van der Waals surface area contributed by atoms with E-state index in [-0.39, 0.29) is 17.6 Å². The number of benzene rings is 2. The molecule has 1 spiro atoms. The van der Waals surface area contributed by atoms with Crippen LogP contribution in [0.5, 0.6) is 0 Å². The van der Waals surface area contributed by atoms with Gasteiger partial charge in [-0.3, -0.25) is 14.6 Å².